The second kappa shape index (κ2) is 4.47. The average molecular weight is 257 g/mol. The van der Waals surface area contributed by atoms with Crippen molar-refractivity contribution in [2.24, 2.45) is 0 Å². The Morgan fingerprint density at radius 1 is 1.28 bits per heavy atom. The van der Waals surface area contributed by atoms with Gasteiger partial charge < -0.3 is 10.1 Å². The normalized spacial score (nSPS) is 10.6. The molecule has 5 nitrogen and oxygen atoms in total. The minimum Gasteiger partial charge on any atom is -0.358 e. The predicted octanol–water partition coefficient (Wildman–Crippen LogP) is 2.26. The molecule has 0 spiro atoms. The van der Waals surface area contributed by atoms with E-state index in [1.165, 1.54) is 6.20 Å². The maximum Gasteiger partial charge on any atom is 0.389 e. The summed E-state index contributed by atoms with van der Waals surface area (Å²) in [5, 5.41) is 13.9. The third-order valence-electron chi connectivity index (χ3n) is 2.20. The number of rotatable bonds is 3. The predicted molar refractivity (Wildman–Crippen MR) is 54.3 cm³/mol. The lowest BCUT2D eigenvalue weighted by atomic mass is 10.2. The maximum atomic E-state index is 12.9. The second-order valence-corrected chi connectivity index (χ2v) is 3.50. The summed E-state index contributed by atoms with van der Waals surface area (Å²) in [7, 11) is 0. The molecule has 1 heterocycles. The Morgan fingerprint density at radius 2 is 1.89 bits per heavy atom. The summed E-state index contributed by atoms with van der Waals surface area (Å²) >= 11 is 0. The lowest BCUT2D eigenvalue weighted by Crippen LogP contribution is -2.03. The van der Waals surface area contributed by atoms with Crippen LogP contribution >= 0.6 is 0 Å². The molecule has 0 aliphatic heterocycles. The summed E-state index contributed by atoms with van der Waals surface area (Å²) in [5.74, 6) is -4.55. The van der Waals surface area contributed by atoms with Gasteiger partial charge >= 0.3 is 5.82 Å². The number of nitro groups is 1. The van der Waals surface area contributed by atoms with E-state index in [2.05, 4.69) is 5.10 Å². The molecule has 1 aromatic carbocycles. The van der Waals surface area contributed by atoms with Gasteiger partial charge in [-0.05, 0) is 22.6 Å². The monoisotopic (exact) mass is 257 g/mol. The van der Waals surface area contributed by atoms with Crippen LogP contribution in [0.2, 0.25) is 0 Å². The summed E-state index contributed by atoms with van der Waals surface area (Å²) < 4.78 is 39.7. The summed E-state index contributed by atoms with van der Waals surface area (Å²) in [5.41, 5.74) is 0.115. The van der Waals surface area contributed by atoms with Crippen molar-refractivity contribution < 1.29 is 18.1 Å². The van der Waals surface area contributed by atoms with E-state index in [0.717, 1.165) is 22.9 Å². The van der Waals surface area contributed by atoms with E-state index in [1.807, 2.05) is 0 Å². The van der Waals surface area contributed by atoms with Gasteiger partial charge in [0.25, 0.3) is 0 Å². The first-order valence-corrected chi connectivity index (χ1v) is 4.78. The van der Waals surface area contributed by atoms with Crippen LogP contribution in [0.5, 0.6) is 0 Å². The number of aromatic nitrogens is 2. The third kappa shape index (κ3) is 2.31. The van der Waals surface area contributed by atoms with Gasteiger partial charge in [0.15, 0.2) is 17.5 Å². The van der Waals surface area contributed by atoms with Gasteiger partial charge in [0, 0.05) is 0 Å². The fourth-order valence-electron chi connectivity index (χ4n) is 1.42. The smallest absolute Gasteiger partial charge is 0.358 e. The highest BCUT2D eigenvalue weighted by Gasteiger charge is 2.14. The van der Waals surface area contributed by atoms with Gasteiger partial charge in [-0.3, -0.25) is 0 Å². The van der Waals surface area contributed by atoms with Gasteiger partial charge in [0.2, 0.25) is 0 Å². The SMILES string of the molecule is O=[N+]([O-])c1ccn(Cc2cc(F)c(F)c(F)c2)n1. The van der Waals surface area contributed by atoms with Crippen molar-refractivity contribution in [2.75, 3.05) is 0 Å². The van der Waals surface area contributed by atoms with E-state index in [1.54, 1.807) is 0 Å². The molecular weight excluding hydrogens is 251 g/mol. The van der Waals surface area contributed by atoms with Crippen molar-refractivity contribution in [3.05, 3.63) is 57.5 Å². The average Bonchev–Trinajstić information content (AvgIpc) is 2.74. The molecule has 94 valence electrons. The standard InChI is InChI=1S/C10H6F3N3O2/c11-7-3-6(4-8(12)10(7)13)5-15-2-1-9(14-15)16(17)18/h1-4H,5H2. The lowest BCUT2D eigenvalue weighted by Gasteiger charge is -2.01. The Bertz CT molecular complexity index is 589. The van der Waals surface area contributed by atoms with Crippen LogP contribution < -0.4 is 0 Å². The topological polar surface area (TPSA) is 61.0 Å². The molecule has 2 rings (SSSR count). The zero-order chi connectivity index (χ0) is 13.3. The molecule has 0 unspecified atom stereocenters. The van der Waals surface area contributed by atoms with Gasteiger partial charge in [0.05, 0.1) is 23.9 Å². The summed E-state index contributed by atoms with van der Waals surface area (Å²) in [6.45, 7) is -0.0953. The number of hydrogen-bond acceptors (Lipinski definition) is 3. The Labute approximate surface area is 98.6 Å². The van der Waals surface area contributed by atoms with E-state index in [0.29, 0.717) is 0 Å². The fourth-order valence-corrected chi connectivity index (χ4v) is 1.42. The summed E-state index contributed by atoms with van der Waals surface area (Å²) in [6.07, 6.45) is 1.29. The molecule has 8 heteroatoms. The lowest BCUT2D eigenvalue weighted by molar-refractivity contribution is -0.389. The molecule has 0 aliphatic rings. The van der Waals surface area contributed by atoms with Crippen molar-refractivity contribution in [3.8, 4) is 0 Å². The van der Waals surface area contributed by atoms with Crippen LogP contribution in [-0.4, -0.2) is 14.7 Å². The van der Waals surface area contributed by atoms with E-state index < -0.39 is 22.4 Å². The van der Waals surface area contributed by atoms with Crippen molar-refractivity contribution in [1.82, 2.24) is 9.78 Å². The highest BCUT2D eigenvalue weighted by atomic mass is 19.2. The van der Waals surface area contributed by atoms with Gasteiger partial charge in [-0.2, -0.15) is 4.68 Å². The van der Waals surface area contributed by atoms with Gasteiger partial charge in [-0.25, -0.2) is 13.2 Å². The van der Waals surface area contributed by atoms with Crippen LogP contribution in [0.1, 0.15) is 5.56 Å². The Balaban J connectivity index is 2.25. The molecule has 0 saturated carbocycles. The van der Waals surface area contributed by atoms with Crippen LogP contribution in [0.25, 0.3) is 0 Å². The van der Waals surface area contributed by atoms with E-state index in [-0.39, 0.29) is 17.9 Å². The highest BCUT2D eigenvalue weighted by Crippen LogP contribution is 2.15. The van der Waals surface area contributed by atoms with Crippen molar-refractivity contribution in [2.45, 2.75) is 6.54 Å². The Hall–Kier alpha value is -2.38. The molecule has 0 radical (unpaired) electrons. The van der Waals surface area contributed by atoms with E-state index >= 15 is 0 Å². The quantitative estimate of drug-likeness (QED) is 0.481. The van der Waals surface area contributed by atoms with Crippen LogP contribution in [0, 0.1) is 27.6 Å². The largest absolute Gasteiger partial charge is 0.389 e. The zero-order valence-electron chi connectivity index (χ0n) is 8.81. The van der Waals surface area contributed by atoms with Crippen molar-refractivity contribution >= 4 is 5.82 Å². The fraction of sp³-hybridized carbons (Fsp3) is 0.100. The Kier molecular flexibility index (Phi) is 3.00. The minimum absolute atomic E-state index is 0.0953. The van der Waals surface area contributed by atoms with Crippen LogP contribution in [0.4, 0.5) is 19.0 Å². The molecule has 1 aromatic heterocycles. The zero-order valence-corrected chi connectivity index (χ0v) is 8.81. The molecule has 2 aromatic rings. The molecule has 0 amide bonds. The van der Waals surface area contributed by atoms with Crippen LogP contribution in [0.3, 0.4) is 0 Å². The Morgan fingerprint density at radius 3 is 2.39 bits per heavy atom. The number of benzene rings is 1. The van der Waals surface area contributed by atoms with E-state index in [4.69, 9.17) is 0 Å². The van der Waals surface area contributed by atoms with Crippen molar-refractivity contribution in [1.29, 1.82) is 0 Å². The van der Waals surface area contributed by atoms with Gasteiger partial charge in [0.1, 0.15) is 0 Å². The number of halogens is 3. The van der Waals surface area contributed by atoms with Crippen molar-refractivity contribution in [3.63, 3.8) is 0 Å². The minimum atomic E-state index is -1.55. The number of hydrogen-bond donors (Lipinski definition) is 0. The molecular formula is C10H6F3N3O2. The molecule has 0 aliphatic carbocycles. The summed E-state index contributed by atoms with van der Waals surface area (Å²) in [6, 6.07) is 2.77. The van der Waals surface area contributed by atoms with E-state index in [9.17, 15) is 23.3 Å². The van der Waals surface area contributed by atoms with Gasteiger partial charge in [-0.1, -0.05) is 0 Å². The molecule has 0 saturated heterocycles. The molecule has 0 bridgehead atoms. The highest BCUT2D eigenvalue weighted by molar-refractivity contribution is 5.21. The van der Waals surface area contributed by atoms with Crippen LogP contribution in [-0.2, 0) is 6.54 Å². The molecule has 18 heavy (non-hydrogen) atoms. The second-order valence-electron chi connectivity index (χ2n) is 3.50. The summed E-state index contributed by atoms with van der Waals surface area (Å²) in [4.78, 5) is 9.69. The molecule has 0 N–H and O–H groups in total. The van der Waals surface area contributed by atoms with Crippen LogP contribution in [0.15, 0.2) is 24.4 Å². The maximum absolute atomic E-state index is 12.9. The molecule has 0 atom stereocenters. The first kappa shape index (κ1) is 12.1. The molecule has 0 fully saturated rings. The third-order valence-corrected chi connectivity index (χ3v) is 2.20. The first-order chi connectivity index (χ1) is 8.47. The van der Waals surface area contributed by atoms with Gasteiger partial charge in [-0.15, -0.1) is 0 Å². The number of nitrogens with zero attached hydrogens (tertiary/aromatic N) is 3. The first-order valence-electron chi connectivity index (χ1n) is 4.78.